The number of rotatable bonds is 7. The molecule has 0 spiro atoms. The van der Waals surface area contributed by atoms with Gasteiger partial charge < -0.3 is 29.8 Å². The van der Waals surface area contributed by atoms with Gasteiger partial charge in [-0.15, -0.1) is 0 Å². The van der Waals surface area contributed by atoms with Crippen LogP contribution >= 0.6 is 0 Å². The van der Waals surface area contributed by atoms with Crippen LogP contribution in [0, 0.1) is 5.92 Å². The van der Waals surface area contributed by atoms with Gasteiger partial charge in [0, 0.05) is 5.56 Å². The molecule has 0 aromatic heterocycles. The molecule has 1 aromatic carbocycles. The fraction of sp³-hybridized carbons (Fsp3) is 0.529. The van der Waals surface area contributed by atoms with E-state index in [-0.39, 0.29) is 11.5 Å². The highest BCUT2D eigenvalue weighted by Crippen LogP contribution is 2.43. The van der Waals surface area contributed by atoms with Crippen LogP contribution in [0.1, 0.15) is 32.4 Å². The number of aliphatic carboxylic acids is 1. The van der Waals surface area contributed by atoms with E-state index in [1.165, 1.54) is 27.4 Å². The van der Waals surface area contributed by atoms with E-state index in [0.717, 1.165) is 0 Å². The van der Waals surface area contributed by atoms with Gasteiger partial charge in [-0.25, -0.2) is 0 Å². The van der Waals surface area contributed by atoms with E-state index >= 15 is 0 Å². The molecule has 0 amide bonds. The number of carbonyl (C=O) groups is 2. The van der Waals surface area contributed by atoms with Crippen molar-refractivity contribution in [1.29, 1.82) is 0 Å². The molecule has 2 unspecified atom stereocenters. The van der Waals surface area contributed by atoms with E-state index in [2.05, 4.69) is 0 Å². The van der Waals surface area contributed by atoms with Gasteiger partial charge in [0.1, 0.15) is 5.60 Å². The maximum atomic E-state index is 12.3. The molecule has 2 atom stereocenters. The lowest BCUT2D eigenvalue weighted by Gasteiger charge is -2.26. The van der Waals surface area contributed by atoms with Crippen LogP contribution in [0.4, 0.5) is 0 Å². The molecular weight excluding hydrogens is 330 g/mol. The summed E-state index contributed by atoms with van der Waals surface area (Å²) in [6.07, 6.45) is 0. The standard InChI is InChI=1S/C17H25NO7/c1-17(2,3)25-16(21)11(15(19)20)12(18)9-7-8-10(22-4)14(24-6)13(9)23-5/h7-8,11-12H,18H2,1-6H3,(H,19,20). The molecule has 0 bridgehead atoms. The second kappa shape index (κ2) is 8.06. The number of carbonyl (C=O) groups excluding carboxylic acids is 1. The molecule has 25 heavy (non-hydrogen) atoms. The maximum absolute atomic E-state index is 12.3. The summed E-state index contributed by atoms with van der Waals surface area (Å²) in [4.78, 5) is 24.0. The number of hydrogen-bond donors (Lipinski definition) is 2. The van der Waals surface area contributed by atoms with Crippen molar-refractivity contribution in [1.82, 2.24) is 0 Å². The van der Waals surface area contributed by atoms with Crippen molar-refractivity contribution in [3.05, 3.63) is 17.7 Å². The Hall–Kier alpha value is -2.48. The van der Waals surface area contributed by atoms with Crippen molar-refractivity contribution in [3.63, 3.8) is 0 Å². The zero-order valence-electron chi connectivity index (χ0n) is 15.3. The van der Waals surface area contributed by atoms with Gasteiger partial charge in [-0.3, -0.25) is 9.59 Å². The number of benzene rings is 1. The SMILES string of the molecule is COc1ccc(C(N)C(C(=O)O)C(=O)OC(C)(C)C)c(OC)c1OC. The van der Waals surface area contributed by atoms with E-state index in [1.807, 2.05) is 0 Å². The lowest BCUT2D eigenvalue weighted by atomic mass is 9.92. The minimum atomic E-state index is -1.61. The van der Waals surface area contributed by atoms with Crippen molar-refractivity contribution in [2.45, 2.75) is 32.4 Å². The lowest BCUT2D eigenvalue weighted by molar-refractivity contribution is -0.167. The molecule has 0 fully saturated rings. The quantitative estimate of drug-likeness (QED) is 0.561. The van der Waals surface area contributed by atoms with Crippen LogP contribution in [0.3, 0.4) is 0 Å². The highest BCUT2D eigenvalue weighted by Gasteiger charge is 2.39. The van der Waals surface area contributed by atoms with E-state index < -0.39 is 29.5 Å². The zero-order valence-corrected chi connectivity index (χ0v) is 15.3. The third-order valence-corrected chi connectivity index (χ3v) is 3.38. The third kappa shape index (κ3) is 4.76. The number of ether oxygens (including phenoxy) is 4. The average molecular weight is 355 g/mol. The molecular formula is C17H25NO7. The van der Waals surface area contributed by atoms with Gasteiger partial charge in [0.2, 0.25) is 5.75 Å². The number of esters is 1. The van der Waals surface area contributed by atoms with Crippen molar-refractivity contribution in [3.8, 4) is 17.2 Å². The van der Waals surface area contributed by atoms with Gasteiger partial charge >= 0.3 is 11.9 Å². The molecule has 3 N–H and O–H groups in total. The summed E-state index contributed by atoms with van der Waals surface area (Å²) in [5.41, 5.74) is 5.54. The molecule has 8 nitrogen and oxygen atoms in total. The lowest BCUT2D eigenvalue weighted by Crippen LogP contribution is -2.39. The van der Waals surface area contributed by atoms with Crippen LogP contribution in [0.2, 0.25) is 0 Å². The first-order valence-electron chi connectivity index (χ1n) is 7.57. The smallest absolute Gasteiger partial charge is 0.322 e. The number of carboxylic acid groups (broad SMARTS) is 1. The highest BCUT2D eigenvalue weighted by atomic mass is 16.6. The second-order valence-corrected chi connectivity index (χ2v) is 6.30. The van der Waals surface area contributed by atoms with Gasteiger partial charge in [-0.05, 0) is 32.9 Å². The molecule has 0 heterocycles. The molecule has 0 saturated carbocycles. The van der Waals surface area contributed by atoms with Gasteiger partial charge in [0.25, 0.3) is 0 Å². The molecule has 140 valence electrons. The van der Waals surface area contributed by atoms with Crippen LogP contribution in [-0.4, -0.2) is 44.0 Å². The van der Waals surface area contributed by atoms with Crippen LogP contribution in [0.25, 0.3) is 0 Å². The van der Waals surface area contributed by atoms with E-state index in [4.69, 9.17) is 24.7 Å². The van der Waals surface area contributed by atoms with Crippen LogP contribution in [0.5, 0.6) is 17.2 Å². The first kappa shape index (κ1) is 20.6. The van der Waals surface area contributed by atoms with E-state index in [1.54, 1.807) is 26.8 Å². The number of carboxylic acids is 1. The Balaban J connectivity index is 3.37. The third-order valence-electron chi connectivity index (χ3n) is 3.38. The maximum Gasteiger partial charge on any atom is 0.322 e. The van der Waals surface area contributed by atoms with Crippen LogP contribution in [-0.2, 0) is 14.3 Å². The Kier molecular flexibility index (Phi) is 6.63. The van der Waals surface area contributed by atoms with Crippen LogP contribution in [0.15, 0.2) is 12.1 Å². The zero-order chi connectivity index (χ0) is 19.4. The first-order valence-corrected chi connectivity index (χ1v) is 7.57. The van der Waals surface area contributed by atoms with Crippen molar-refractivity contribution in [2.75, 3.05) is 21.3 Å². The minimum absolute atomic E-state index is 0.198. The minimum Gasteiger partial charge on any atom is -0.493 e. The Morgan fingerprint density at radius 1 is 1.04 bits per heavy atom. The second-order valence-electron chi connectivity index (χ2n) is 6.30. The largest absolute Gasteiger partial charge is 0.493 e. The number of hydrogen-bond acceptors (Lipinski definition) is 7. The van der Waals surface area contributed by atoms with Crippen molar-refractivity contribution < 1.29 is 33.6 Å². The molecule has 0 aliphatic carbocycles. The Labute approximate surface area is 146 Å². The van der Waals surface area contributed by atoms with Crippen molar-refractivity contribution >= 4 is 11.9 Å². The molecule has 1 rings (SSSR count). The molecule has 0 aliphatic heterocycles. The monoisotopic (exact) mass is 355 g/mol. The summed E-state index contributed by atoms with van der Waals surface area (Å²) in [6.45, 7) is 4.94. The average Bonchev–Trinajstić information content (AvgIpc) is 2.50. The summed E-state index contributed by atoms with van der Waals surface area (Å²) in [5.74, 6) is -3.08. The summed E-state index contributed by atoms with van der Waals surface area (Å²) in [7, 11) is 4.26. The normalized spacial score (nSPS) is 13.6. The summed E-state index contributed by atoms with van der Waals surface area (Å²) >= 11 is 0. The topological polar surface area (TPSA) is 117 Å². The Bertz CT molecular complexity index is 637. The molecule has 0 saturated heterocycles. The van der Waals surface area contributed by atoms with E-state index in [9.17, 15) is 14.7 Å². The van der Waals surface area contributed by atoms with Gasteiger partial charge in [-0.1, -0.05) is 0 Å². The predicted octanol–water partition coefficient (Wildman–Crippen LogP) is 1.75. The Morgan fingerprint density at radius 2 is 1.60 bits per heavy atom. The van der Waals surface area contributed by atoms with Crippen LogP contribution < -0.4 is 19.9 Å². The first-order chi connectivity index (χ1) is 11.6. The summed E-state index contributed by atoms with van der Waals surface area (Å²) < 4.78 is 20.9. The van der Waals surface area contributed by atoms with Gasteiger partial charge in [-0.2, -0.15) is 0 Å². The fourth-order valence-electron chi connectivity index (χ4n) is 2.33. The molecule has 8 heteroatoms. The number of nitrogens with two attached hydrogens (primary N) is 1. The predicted molar refractivity (Wildman–Crippen MR) is 90.0 cm³/mol. The van der Waals surface area contributed by atoms with Gasteiger partial charge in [0.05, 0.1) is 27.4 Å². The molecule has 0 radical (unpaired) electrons. The summed E-state index contributed by atoms with van der Waals surface area (Å²) in [6, 6.07) is 1.89. The van der Waals surface area contributed by atoms with E-state index in [0.29, 0.717) is 11.3 Å². The highest BCUT2D eigenvalue weighted by molar-refractivity contribution is 5.95. The molecule has 1 aromatic rings. The Morgan fingerprint density at radius 3 is 2.00 bits per heavy atom. The summed E-state index contributed by atoms with van der Waals surface area (Å²) in [5, 5.41) is 9.49. The number of methoxy groups -OCH3 is 3. The molecule has 0 aliphatic rings. The van der Waals surface area contributed by atoms with Gasteiger partial charge in [0.15, 0.2) is 17.4 Å². The fourth-order valence-corrected chi connectivity index (χ4v) is 2.33. The van der Waals surface area contributed by atoms with Crippen molar-refractivity contribution in [2.24, 2.45) is 11.7 Å².